The minimum atomic E-state index is 0.691. The second kappa shape index (κ2) is 9.63. The molecule has 2 heteroatoms. The summed E-state index contributed by atoms with van der Waals surface area (Å²) < 4.78 is 0. The van der Waals surface area contributed by atoms with E-state index in [0.717, 1.165) is 5.92 Å². The number of nitrogens with one attached hydrogen (secondary N) is 1. The fraction of sp³-hybridized carbons (Fsp3) is 0.789. The molecule has 2 rings (SSSR count). The molecule has 1 aromatic heterocycles. The van der Waals surface area contributed by atoms with Gasteiger partial charge in [0.2, 0.25) is 0 Å². The Morgan fingerprint density at radius 2 is 1.81 bits per heavy atom. The highest BCUT2D eigenvalue weighted by Crippen LogP contribution is 2.28. The Bertz CT molecular complexity index is 377. The van der Waals surface area contributed by atoms with Crippen molar-refractivity contribution in [1.82, 2.24) is 5.32 Å². The summed E-state index contributed by atoms with van der Waals surface area (Å²) in [4.78, 5) is 3.11. The van der Waals surface area contributed by atoms with Gasteiger partial charge in [0.1, 0.15) is 0 Å². The van der Waals surface area contributed by atoms with E-state index < -0.39 is 0 Å². The summed E-state index contributed by atoms with van der Waals surface area (Å²) >= 11 is 2.02. The summed E-state index contributed by atoms with van der Waals surface area (Å²) in [6.07, 6.45) is 13.8. The number of aryl methyl sites for hydroxylation is 1. The quantitative estimate of drug-likeness (QED) is 0.618. The summed E-state index contributed by atoms with van der Waals surface area (Å²) in [5, 5.41) is 3.82. The zero-order chi connectivity index (χ0) is 14.9. The molecule has 1 heterocycles. The van der Waals surface area contributed by atoms with Crippen LogP contribution in [-0.2, 0) is 12.8 Å². The van der Waals surface area contributed by atoms with Crippen molar-refractivity contribution in [2.75, 3.05) is 6.54 Å². The van der Waals surface area contributed by atoms with Crippen LogP contribution >= 0.6 is 11.3 Å². The van der Waals surface area contributed by atoms with Crippen LogP contribution in [0.15, 0.2) is 12.1 Å². The standard InChI is InChI=1S/C19H33NS/c1-3-13-20-17(14-16-9-7-5-6-8-10-16)15-19-12-11-18(4-2)21-19/h11-12,16-17,20H,3-10,13-15H2,1-2H3. The van der Waals surface area contributed by atoms with E-state index in [1.54, 1.807) is 4.88 Å². The molecule has 0 aromatic carbocycles. The molecule has 1 aliphatic carbocycles. The normalized spacial score (nSPS) is 18.6. The van der Waals surface area contributed by atoms with E-state index in [0.29, 0.717) is 6.04 Å². The molecular weight excluding hydrogens is 274 g/mol. The molecule has 0 radical (unpaired) electrons. The van der Waals surface area contributed by atoms with Gasteiger partial charge in [0, 0.05) is 15.8 Å². The maximum Gasteiger partial charge on any atom is 0.0118 e. The van der Waals surface area contributed by atoms with E-state index in [9.17, 15) is 0 Å². The third-order valence-corrected chi connectivity index (χ3v) is 6.04. The average molecular weight is 308 g/mol. The van der Waals surface area contributed by atoms with Gasteiger partial charge in [-0.1, -0.05) is 52.4 Å². The molecule has 0 aliphatic heterocycles. The van der Waals surface area contributed by atoms with Gasteiger partial charge in [-0.05, 0) is 50.3 Å². The van der Waals surface area contributed by atoms with Crippen molar-refractivity contribution >= 4 is 11.3 Å². The SMILES string of the molecule is CCCNC(Cc1ccc(CC)s1)CC1CCCCCC1. The first kappa shape index (κ1) is 17.0. The fourth-order valence-electron chi connectivity index (χ4n) is 3.55. The summed E-state index contributed by atoms with van der Waals surface area (Å²) in [7, 11) is 0. The molecule has 120 valence electrons. The van der Waals surface area contributed by atoms with E-state index in [1.807, 2.05) is 11.3 Å². The van der Waals surface area contributed by atoms with Gasteiger partial charge in [-0.2, -0.15) is 0 Å². The number of hydrogen-bond acceptors (Lipinski definition) is 2. The monoisotopic (exact) mass is 307 g/mol. The zero-order valence-electron chi connectivity index (χ0n) is 14.0. The highest BCUT2D eigenvalue weighted by molar-refractivity contribution is 7.11. The van der Waals surface area contributed by atoms with Crippen LogP contribution in [0.5, 0.6) is 0 Å². The molecular formula is C19H33NS. The maximum atomic E-state index is 3.82. The first-order chi connectivity index (χ1) is 10.3. The Morgan fingerprint density at radius 3 is 2.43 bits per heavy atom. The topological polar surface area (TPSA) is 12.0 Å². The minimum Gasteiger partial charge on any atom is -0.314 e. The molecule has 21 heavy (non-hydrogen) atoms. The predicted octanol–water partition coefficient (Wildman–Crippen LogP) is 5.58. The van der Waals surface area contributed by atoms with Crippen LogP contribution < -0.4 is 5.32 Å². The summed E-state index contributed by atoms with van der Waals surface area (Å²) in [5.74, 6) is 0.965. The molecule has 1 nitrogen and oxygen atoms in total. The zero-order valence-corrected chi connectivity index (χ0v) is 14.8. The Labute approximate surface area is 135 Å². The van der Waals surface area contributed by atoms with Crippen LogP contribution in [-0.4, -0.2) is 12.6 Å². The van der Waals surface area contributed by atoms with Crippen molar-refractivity contribution < 1.29 is 0 Å². The predicted molar refractivity (Wildman–Crippen MR) is 95.3 cm³/mol. The smallest absolute Gasteiger partial charge is 0.0118 e. The molecule has 0 bridgehead atoms. The lowest BCUT2D eigenvalue weighted by Gasteiger charge is -2.23. The Balaban J connectivity index is 1.89. The molecule has 1 saturated carbocycles. The molecule has 0 spiro atoms. The van der Waals surface area contributed by atoms with Crippen molar-refractivity contribution in [2.45, 2.75) is 84.1 Å². The van der Waals surface area contributed by atoms with E-state index in [4.69, 9.17) is 0 Å². The molecule has 1 N–H and O–H groups in total. The van der Waals surface area contributed by atoms with E-state index in [1.165, 1.54) is 75.6 Å². The molecule has 0 amide bonds. The van der Waals surface area contributed by atoms with Crippen LogP contribution in [0.3, 0.4) is 0 Å². The van der Waals surface area contributed by atoms with Crippen molar-refractivity contribution in [3.8, 4) is 0 Å². The molecule has 0 saturated heterocycles. The van der Waals surface area contributed by atoms with Gasteiger partial charge in [0.25, 0.3) is 0 Å². The lowest BCUT2D eigenvalue weighted by atomic mass is 9.91. The van der Waals surface area contributed by atoms with Crippen LogP contribution in [0.25, 0.3) is 0 Å². The van der Waals surface area contributed by atoms with Gasteiger partial charge >= 0.3 is 0 Å². The maximum absolute atomic E-state index is 3.82. The third-order valence-electron chi connectivity index (χ3n) is 4.79. The molecule has 1 fully saturated rings. The van der Waals surface area contributed by atoms with Crippen molar-refractivity contribution in [1.29, 1.82) is 0 Å². The summed E-state index contributed by atoms with van der Waals surface area (Å²) in [6, 6.07) is 5.37. The van der Waals surface area contributed by atoms with Crippen molar-refractivity contribution in [3.63, 3.8) is 0 Å². The number of hydrogen-bond donors (Lipinski definition) is 1. The average Bonchev–Trinajstić information content (AvgIpc) is 2.79. The van der Waals surface area contributed by atoms with E-state index in [-0.39, 0.29) is 0 Å². The molecule has 1 unspecified atom stereocenters. The summed E-state index contributed by atoms with van der Waals surface area (Å²) in [5.41, 5.74) is 0. The Kier molecular flexibility index (Phi) is 7.81. The van der Waals surface area contributed by atoms with Crippen LogP contribution in [0.2, 0.25) is 0 Å². The van der Waals surface area contributed by atoms with E-state index >= 15 is 0 Å². The molecule has 1 aromatic rings. The van der Waals surface area contributed by atoms with Crippen molar-refractivity contribution in [2.24, 2.45) is 5.92 Å². The highest BCUT2D eigenvalue weighted by Gasteiger charge is 2.18. The second-order valence-corrected chi connectivity index (χ2v) is 7.92. The van der Waals surface area contributed by atoms with Gasteiger partial charge in [-0.3, -0.25) is 0 Å². The lowest BCUT2D eigenvalue weighted by molar-refractivity contribution is 0.350. The van der Waals surface area contributed by atoms with Crippen molar-refractivity contribution in [3.05, 3.63) is 21.9 Å². The first-order valence-corrected chi connectivity index (χ1v) is 9.94. The Morgan fingerprint density at radius 1 is 1.10 bits per heavy atom. The summed E-state index contributed by atoms with van der Waals surface area (Å²) in [6.45, 7) is 5.70. The first-order valence-electron chi connectivity index (χ1n) is 9.12. The Hall–Kier alpha value is -0.340. The highest BCUT2D eigenvalue weighted by atomic mass is 32.1. The van der Waals surface area contributed by atoms with Gasteiger partial charge in [0.15, 0.2) is 0 Å². The van der Waals surface area contributed by atoms with Crippen LogP contribution in [0.4, 0.5) is 0 Å². The minimum absolute atomic E-state index is 0.691. The van der Waals surface area contributed by atoms with Crippen LogP contribution in [0.1, 0.15) is 75.0 Å². The van der Waals surface area contributed by atoms with Gasteiger partial charge in [-0.25, -0.2) is 0 Å². The van der Waals surface area contributed by atoms with E-state index in [2.05, 4.69) is 31.3 Å². The van der Waals surface area contributed by atoms with Gasteiger partial charge in [-0.15, -0.1) is 11.3 Å². The third kappa shape index (κ3) is 6.12. The number of rotatable bonds is 8. The fourth-order valence-corrected chi connectivity index (χ4v) is 4.59. The van der Waals surface area contributed by atoms with Gasteiger partial charge in [0.05, 0.1) is 0 Å². The lowest BCUT2D eigenvalue weighted by Crippen LogP contribution is -2.33. The second-order valence-electron chi connectivity index (χ2n) is 6.67. The van der Waals surface area contributed by atoms with Gasteiger partial charge < -0.3 is 5.32 Å². The van der Waals surface area contributed by atoms with Crippen LogP contribution in [0, 0.1) is 5.92 Å². The molecule has 1 aliphatic rings. The molecule has 1 atom stereocenters. The largest absolute Gasteiger partial charge is 0.314 e. The number of thiophene rings is 1.